The van der Waals surface area contributed by atoms with Gasteiger partial charge < -0.3 is 10.1 Å². The number of methoxy groups -OCH3 is 1. The Balaban J connectivity index is 2.30. The zero-order chi connectivity index (χ0) is 15.5. The van der Waals surface area contributed by atoms with Crippen LogP contribution in [0.2, 0.25) is 0 Å². The molecule has 4 heteroatoms. The lowest BCUT2D eigenvalue weighted by atomic mass is 9.89. The van der Waals surface area contributed by atoms with Crippen LogP contribution in [0, 0.1) is 5.41 Å². The number of rotatable bonds is 5. The molecule has 1 fully saturated rings. The summed E-state index contributed by atoms with van der Waals surface area (Å²) in [7, 11) is 3.27. The van der Waals surface area contributed by atoms with E-state index in [0.29, 0.717) is 12.0 Å². The van der Waals surface area contributed by atoms with Crippen molar-refractivity contribution in [3.05, 3.63) is 35.9 Å². The molecular weight excluding hydrogens is 264 g/mol. The van der Waals surface area contributed by atoms with Crippen molar-refractivity contribution in [3.63, 3.8) is 0 Å². The summed E-state index contributed by atoms with van der Waals surface area (Å²) in [6.45, 7) is 7.19. The molecule has 2 rings (SSSR count). The Hall–Kier alpha value is -1.39. The standard InChI is InChI=1S/C17H26N2O2/c1-16(2)10-11-19(12-16)13-17(18-3,15(20)21-4)14-8-6-5-7-9-14/h5-9,18H,10-13H2,1-4H3. The summed E-state index contributed by atoms with van der Waals surface area (Å²) in [4.78, 5) is 14.9. The average molecular weight is 290 g/mol. The number of ether oxygens (including phenoxy) is 1. The summed E-state index contributed by atoms with van der Waals surface area (Å²) in [5.41, 5.74) is 0.451. The Morgan fingerprint density at radius 3 is 2.52 bits per heavy atom. The number of carbonyl (C=O) groups is 1. The number of likely N-dealkylation sites (tertiary alicyclic amines) is 1. The Morgan fingerprint density at radius 2 is 2.05 bits per heavy atom. The molecule has 0 spiro atoms. The van der Waals surface area contributed by atoms with Gasteiger partial charge in [-0.15, -0.1) is 0 Å². The highest BCUT2D eigenvalue weighted by molar-refractivity contribution is 5.83. The molecule has 1 aromatic carbocycles. The van der Waals surface area contributed by atoms with E-state index in [1.54, 1.807) is 0 Å². The molecule has 1 aromatic rings. The summed E-state index contributed by atoms with van der Waals surface area (Å²) >= 11 is 0. The second kappa shape index (κ2) is 6.16. The monoisotopic (exact) mass is 290 g/mol. The van der Waals surface area contributed by atoms with Crippen molar-refractivity contribution in [1.29, 1.82) is 0 Å². The quantitative estimate of drug-likeness (QED) is 0.842. The molecule has 4 nitrogen and oxygen atoms in total. The fourth-order valence-corrected chi connectivity index (χ4v) is 3.19. The normalized spacial score (nSPS) is 21.0. The van der Waals surface area contributed by atoms with Crippen LogP contribution >= 0.6 is 0 Å². The summed E-state index contributed by atoms with van der Waals surface area (Å²) in [6.07, 6.45) is 1.16. The molecule has 1 N–H and O–H groups in total. The second-order valence-electron chi connectivity index (χ2n) is 6.64. The van der Waals surface area contributed by atoms with E-state index in [1.165, 1.54) is 7.11 Å². The topological polar surface area (TPSA) is 41.6 Å². The minimum atomic E-state index is -0.809. The maximum absolute atomic E-state index is 12.5. The third-order valence-corrected chi connectivity index (χ3v) is 4.44. The molecule has 21 heavy (non-hydrogen) atoms. The minimum absolute atomic E-state index is 0.235. The predicted octanol–water partition coefficient (Wildman–Crippen LogP) is 2.01. The van der Waals surface area contributed by atoms with Crippen molar-refractivity contribution in [2.45, 2.75) is 25.8 Å². The van der Waals surface area contributed by atoms with Crippen LogP contribution < -0.4 is 5.32 Å². The Morgan fingerprint density at radius 1 is 1.38 bits per heavy atom. The zero-order valence-electron chi connectivity index (χ0n) is 13.5. The molecule has 0 amide bonds. The van der Waals surface area contributed by atoms with Crippen molar-refractivity contribution in [2.24, 2.45) is 5.41 Å². The number of hydrogen-bond acceptors (Lipinski definition) is 4. The lowest BCUT2D eigenvalue weighted by Crippen LogP contribution is -2.55. The van der Waals surface area contributed by atoms with Gasteiger partial charge in [0.25, 0.3) is 0 Å². The van der Waals surface area contributed by atoms with Gasteiger partial charge in [-0.25, -0.2) is 4.79 Å². The smallest absolute Gasteiger partial charge is 0.332 e. The number of nitrogens with one attached hydrogen (secondary N) is 1. The number of esters is 1. The van der Waals surface area contributed by atoms with Gasteiger partial charge in [0, 0.05) is 13.1 Å². The van der Waals surface area contributed by atoms with Crippen molar-refractivity contribution >= 4 is 5.97 Å². The third-order valence-electron chi connectivity index (χ3n) is 4.44. The molecule has 1 saturated heterocycles. The molecule has 116 valence electrons. The van der Waals surface area contributed by atoms with Gasteiger partial charge in [-0.05, 0) is 31.0 Å². The first-order chi connectivity index (χ1) is 9.93. The molecule has 1 unspecified atom stereocenters. The van der Waals surface area contributed by atoms with Gasteiger partial charge in [-0.2, -0.15) is 0 Å². The summed E-state index contributed by atoms with van der Waals surface area (Å²) in [5.74, 6) is -0.235. The molecule has 0 aliphatic carbocycles. The van der Waals surface area contributed by atoms with Crippen LogP contribution in [-0.2, 0) is 15.1 Å². The maximum Gasteiger partial charge on any atom is 0.332 e. The molecule has 0 bridgehead atoms. The lowest BCUT2D eigenvalue weighted by Gasteiger charge is -2.35. The van der Waals surface area contributed by atoms with Crippen molar-refractivity contribution in [3.8, 4) is 0 Å². The number of hydrogen-bond donors (Lipinski definition) is 1. The van der Waals surface area contributed by atoms with Gasteiger partial charge in [-0.3, -0.25) is 4.90 Å². The summed E-state index contributed by atoms with van der Waals surface area (Å²) in [6, 6.07) is 9.83. The van der Waals surface area contributed by atoms with Crippen molar-refractivity contribution < 1.29 is 9.53 Å². The first kappa shape index (κ1) is 16.0. The molecule has 1 aliphatic heterocycles. The van der Waals surface area contributed by atoms with Crippen LogP contribution in [0.4, 0.5) is 0 Å². The SMILES string of the molecule is CNC(CN1CCC(C)(C)C1)(C(=O)OC)c1ccccc1. The van der Waals surface area contributed by atoms with Crippen LogP contribution in [0.1, 0.15) is 25.8 Å². The number of benzene rings is 1. The van der Waals surface area contributed by atoms with Crippen molar-refractivity contribution in [1.82, 2.24) is 10.2 Å². The molecule has 1 atom stereocenters. The van der Waals surface area contributed by atoms with E-state index < -0.39 is 5.54 Å². The van der Waals surface area contributed by atoms with Crippen LogP contribution in [-0.4, -0.2) is 44.7 Å². The summed E-state index contributed by atoms with van der Waals surface area (Å²) in [5, 5.41) is 3.22. The van der Waals surface area contributed by atoms with Crippen LogP contribution in [0.25, 0.3) is 0 Å². The molecule has 0 radical (unpaired) electrons. The lowest BCUT2D eigenvalue weighted by molar-refractivity contribution is -0.149. The highest BCUT2D eigenvalue weighted by Crippen LogP contribution is 2.32. The molecule has 0 saturated carbocycles. The largest absolute Gasteiger partial charge is 0.467 e. The van der Waals surface area contributed by atoms with E-state index >= 15 is 0 Å². The first-order valence-electron chi connectivity index (χ1n) is 7.49. The Kier molecular flexibility index (Phi) is 4.69. The van der Waals surface area contributed by atoms with Gasteiger partial charge in [-0.1, -0.05) is 44.2 Å². The average Bonchev–Trinajstić information content (AvgIpc) is 2.83. The summed E-state index contributed by atoms with van der Waals surface area (Å²) < 4.78 is 5.10. The van der Waals surface area contributed by atoms with E-state index in [2.05, 4.69) is 24.1 Å². The fraction of sp³-hybridized carbons (Fsp3) is 0.588. The van der Waals surface area contributed by atoms with Gasteiger partial charge in [0.2, 0.25) is 0 Å². The van der Waals surface area contributed by atoms with Gasteiger partial charge in [0.15, 0.2) is 5.54 Å². The van der Waals surface area contributed by atoms with Crippen LogP contribution in [0.3, 0.4) is 0 Å². The maximum atomic E-state index is 12.5. The molecule has 0 aromatic heterocycles. The number of likely N-dealkylation sites (N-methyl/N-ethyl adjacent to an activating group) is 1. The molecule has 1 aliphatic rings. The predicted molar refractivity (Wildman–Crippen MR) is 84.0 cm³/mol. The van der Waals surface area contributed by atoms with E-state index in [0.717, 1.165) is 25.1 Å². The second-order valence-corrected chi connectivity index (χ2v) is 6.64. The zero-order valence-corrected chi connectivity index (χ0v) is 13.5. The first-order valence-corrected chi connectivity index (χ1v) is 7.49. The number of carbonyl (C=O) groups excluding carboxylic acids is 1. The van der Waals surface area contributed by atoms with E-state index in [-0.39, 0.29) is 5.97 Å². The van der Waals surface area contributed by atoms with E-state index in [4.69, 9.17) is 4.74 Å². The number of nitrogens with zero attached hydrogens (tertiary/aromatic N) is 1. The van der Waals surface area contributed by atoms with Gasteiger partial charge in [0.1, 0.15) is 0 Å². The van der Waals surface area contributed by atoms with Crippen LogP contribution in [0.5, 0.6) is 0 Å². The molecular formula is C17H26N2O2. The fourth-order valence-electron chi connectivity index (χ4n) is 3.19. The Bertz CT molecular complexity index is 487. The van der Waals surface area contributed by atoms with Gasteiger partial charge in [0.05, 0.1) is 7.11 Å². The van der Waals surface area contributed by atoms with Crippen molar-refractivity contribution in [2.75, 3.05) is 33.8 Å². The highest BCUT2D eigenvalue weighted by Gasteiger charge is 2.43. The van der Waals surface area contributed by atoms with E-state index in [9.17, 15) is 4.79 Å². The highest BCUT2D eigenvalue weighted by atomic mass is 16.5. The molecule has 1 heterocycles. The minimum Gasteiger partial charge on any atom is -0.467 e. The Labute approximate surface area is 127 Å². The third kappa shape index (κ3) is 3.27. The van der Waals surface area contributed by atoms with Gasteiger partial charge >= 0.3 is 5.97 Å². The van der Waals surface area contributed by atoms with E-state index in [1.807, 2.05) is 37.4 Å². The van der Waals surface area contributed by atoms with Crippen LogP contribution in [0.15, 0.2) is 30.3 Å².